The van der Waals surface area contributed by atoms with Gasteiger partial charge in [0.25, 0.3) is 0 Å². The van der Waals surface area contributed by atoms with E-state index >= 15 is 0 Å². The number of rotatable bonds is 6. The van der Waals surface area contributed by atoms with Gasteiger partial charge in [0.15, 0.2) is 0 Å². The van der Waals surface area contributed by atoms with E-state index in [2.05, 4.69) is 38.4 Å². The highest BCUT2D eigenvalue weighted by Gasteiger charge is 2.39. The normalized spacial score (nSPS) is 23.0. The molecule has 0 saturated carbocycles. The summed E-state index contributed by atoms with van der Waals surface area (Å²) in [6, 6.07) is 8.22. The van der Waals surface area contributed by atoms with E-state index in [1.165, 1.54) is 15.0 Å². The summed E-state index contributed by atoms with van der Waals surface area (Å²) in [5, 5.41) is 1.25. The molecule has 8 nitrogen and oxygen atoms in total. The van der Waals surface area contributed by atoms with Crippen LogP contribution in [0.3, 0.4) is 0 Å². The zero-order chi connectivity index (χ0) is 21.2. The molecule has 166 valence electrons. The number of urea groups is 1. The highest BCUT2D eigenvalue weighted by atomic mass is 32.1. The molecule has 0 spiro atoms. The van der Waals surface area contributed by atoms with E-state index in [0.717, 1.165) is 51.4 Å². The van der Waals surface area contributed by atoms with Crippen LogP contribution in [0.5, 0.6) is 0 Å². The number of unbranched alkanes of at least 4 members (excludes halogenated alkanes) is 1. The highest BCUT2D eigenvalue weighted by molar-refractivity contribution is 7.13. The van der Waals surface area contributed by atoms with Crippen molar-refractivity contribution in [1.29, 1.82) is 0 Å². The van der Waals surface area contributed by atoms with E-state index in [4.69, 9.17) is 4.74 Å². The number of fused-ring (bicyclic) bond motifs is 2. The molecule has 0 N–H and O–H groups in total. The molecular formula is C22H29N5O3S. The van der Waals surface area contributed by atoms with Gasteiger partial charge in [-0.2, -0.15) is 4.37 Å². The molecule has 2 aromatic rings. The Kier molecular flexibility index (Phi) is 6.06. The Morgan fingerprint density at radius 3 is 2.71 bits per heavy atom. The molecule has 0 bridgehead atoms. The summed E-state index contributed by atoms with van der Waals surface area (Å²) in [6.07, 6.45) is 2.23. The van der Waals surface area contributed by atoms with Crippen LogP contribution in [0.2, 0.25) is 0 Å². The van der Waals surface area contributed by atoms with Crippen LogP contribution in [-0.4, -0.2) is 96.1 Å². The van der Waals surface area contributed by atoms with Gasteiger partial charge in [-0.05, 0) is 43.1 Å². The highest BCUT2D eigenvalue weighted by Crippen LogP contribution is 2.29. The summed E-state index contributed by atoms with van der Waals surface area (Å²) in [7, 11) is 0. The van der Waals surface area contributed by atoms with Crippen molar-refractivity contribution < 1.29 is 14.3 Å². The number of aromatic nitrogens is 1. The Morgan fingerprint density at radius 2 is 1.84 bits per heavy atom. The quantitative estimate of drug-likeness (QED) is 0.638. The number of piperazine rings is 1. The average molecular weight is 444 g/mol. The second kappa shape index (κ2) is 9.10. The maximum absolute atomic E-state index is 12.7. The summed E-state index contributed by atoms with van der Waals surface area (Å²) >= 11 is 1.57. The van der Waals surface area contributed by atoms with E-state index in [9.17, 15) is 9.59 Å². The fraction of sp³-hybridized carbons (Fsp3) is 0.591. The number of hydrogen-bond acceptors (Lipinski definition) is 7. The van der Waals surface area contributed by atoms with E-state index < -0.39 is 0 Å². The fourth-order valence-electron chi connectivity index (χ4n) is 4.76. The summed E-state index contributed by atoms with van der Waals surface area (Å²) in [6.45, 7) is 7.15. The maximum atomic E-state index is 12.7. The Bertz CT molecular complexity index is 942. The molecule has 9 heteroatoms. The van der Waals surface area contributed by atoms with Crippen LogP contribution in [0.25, 0.3) is 10.1 Å². The van der Waals surface area contributed by atoms with Gasteiger partial charge >= 0.3 is 6.03 Å². The molecule has 5 rings (SSSR count). The van der Waals surface area contributed by atoms with Gasteiger partial charge in [0.1, 0.15) is 5.82 Å². The van der Waals surface area contributed by atoms with Gasteiger partial charge in [-0.3, -0.25) is 14.6 Å². The summed E-state index contributed by atoms with van der Waals surface area (Å²) in [4.78, 5) is 33.2. The van der Waals surface area contributed by atoms with Gasteiger partial charge < -0.3 is 14.5 Å². The average Bonchev–Trinajstić information content (AvgIpc) is 3.23. The Balaban J connectivity index is 1.06. The lowest BCUT2D eigenvalue weighted by Crippen LogP contribution is -2.60. The molecule has 1 unspecified atom stereocenters. The predicted molar refractivity (Wildman–Crippen MR) is 121 cm³/mol. The topological polar surface area (TPSA) is 69.2 Å². The third-order valence-corrected chi connectivity index (χ3v) is 7.37. The van der Waals surface area contributed by atoms with Crippen LogP contribution in [0, 0.1) is 0 Å². The van der Waals surface area contributed by atoms with E-state index in [1.807, 2.05) is 4.90 Å². The lowest BCUT2D eigenvalue weighted by Gasteiger charge is -2.42. The monoisotopic (exact) mass is 443 g/mol. The molecule has 1 atom stereocenters. The minimum absolute atomic E-state index is 0.0548. The molecule has 31 heavy (non-hydrogen) atoms. The molecule has 1 aromatic heterocycles. The van der Waals surface area contributed by atoms with Crippen molar-refractivity contribution in [3.8, 4) is 0 Å². The number of morpholine rings is 1. The van der Waals surface area contributed by atoms with Gasteiger partial charge in [-0.15, -0.1) is 0 Å². The molecule has 0 radical (unpaired) electrons. The number of anilines is 1. The predicted octanol–water partition coefficient (Wildman–Crippen LogP) is 2.25. The van der Waals surface area contributed by atoms with Crippen molar-refractivity contribution in [1.82, 2.24) is 19.1 Å². The number of hydrogen-bond donors (Lipinski definition) is 0. The first-order valence-electron chi connectivity index (χ1n) is 11.2. The second-order valence-electron chi connectivity index (χ2n) is 8.49. The Hall–Kier alpha value is -2.23. The number of benzene rings is 1. The van der Waals surface area contributed by atoms with E-state index in [1.54, 1.807) is 11.5 Å². The zero-order valence-electron chi connectivity index (χ0n) is 17.7. The van der Waals surface area contributed by atoms with Gasteiger partial charge in [0.05, 0.1) is 30.4 Å². The number of imide groups is 1. The van der Waals surface area contributed by atoms with Crippen LogP contribution in [0.4, 0.5) is 10.6 Å². The van der Waals surface area contributed by atoms with Gasteiger partial charge in [-0.1, -0.05) is 12.1 Å². The van der Waals surface area contributed by atoms with Crippen LogP contribution < -0.4 is 4.90 Å². The van der Waals surface area contributed by atoms with Crippen molar-refractivity contribution in [2.75, 3.05) is 63.9 Å². The molecule has 1 aromatic carbocycles. The first kappa shape index (κ1) is 20.7. The molecular weight excluding hydrogens is 414 g/mol. The Labute approximate surface area is 186 Å². The number of carbonyl (C=O) groups excluding carboxylic acids is 2. The lowest BCUT2D eigenvalue weighted by molar-refractivity contribution is -0.135. The van der Waals surface area contributed by atoms with Crippen LogP contribution in [0.15, 0.2) is 24.3 Å². The lowest BCUT2D eigenvalue weighted by atomic mass is 10.1. The molecule has 3 fully saturated rings. The third kappa shape index (κ3) is 4.26. The third-order valence-electron chi connectivity index (χ3n) is 6.55. The first-order valence-corrected chi connectivity index (χ1v) is 12.0. The molecule has 3 amide bonds. The zero-order valence-corrected chi connectivity index (χ0v) is 18.6. The van der Waals surface area contributed by atoms with Gasteiger partial charge in [0.2, 0.25) is 5.91 Å². The summed E-state index contributed by atoms with van der Waals surface area (Å²) in [5.74, 6) is 1.06. The summed E-state index contributed by atoms with van der Waals surface area (Å²) < 4.78 is 11.3. The molecule has 4 heterocycles. The van der Waals surface area contributed by atoms with Crippen LogP contribution in [0.1, 0.15) is 19.3 Å². The molecule has 0 aliphatic carbocycles. The van der Waals surface area contributed by atoms with Crippen LogP contribution in [-0.2, 0) is 9.53 Å². The number of nitrogens with zero attached hydrogens (tertiary/aromatic N) is 5. The fourth-order valence-corrected chi connectivity index (χ4v) is 5.55. The first-order chi connectivity index (χ1) is 15.2. The van der Waals surface area contributed by atoms with Gasteiger partial charge in [0, 0.05) is 44.7 Å². The minimum Gasteiger partial charge on any atom is -0.377 e. The van der Waals surface area contributed by atoms with Crippen molar-refractivity contribution in [2.45, 2.75) is 25.3 Å². The van der Waals surface area contributed by atoms with Crippen molar-refractivity contribution in [3.05, 3.63) is 24.3 Å². The molecule has 3 saturated heterocycles. The summed E-state index contributed by atoms with van der Waals surface area (Å²) in [5.41, 5.74) is 0. The standard InChI is InChI=1S/C22H29N5O3S/c28-20-15-17-16-30-14-13-26(17)22(29)27(20)8-4-3-7-24-9-11-25(12-10-24)21-18-5-1-2-6-19(18)31-23-21/h1-2,5-6,17H,3-4,7-16H2. The molecule has 3 aliphatic heterocycles. The van der Waals surface area contributed by atoms with E-state index in [-0.39, 0.29) is 18.0 Å². The van der Waals surface area contributed by atoms with Crippen LogP contribution >= 0.6 is 11.5 Å². The SMILES string of the molecule is O=C1CC2COCCN2C(=O)N1CCCCN1CCN(c2nsc3ccccc23)CC1. The molecule has 3 aliphatic rings. The van der Waals surface area contributed by atoms with Crippen molar-refractivity contribution in [3.63, 3.8) is 0 Å². The van der Waals surface area contributed by atoms with Gasteiger partial charge in [-0.25, -0.2) is 4.79 Å². The second-order valence-corrected chi connectivity index (χ2v) is 9.30. The van der Waals surface area contributed by atoms with Crippen molar-refractivity contribution in [2.24, 2.45) is 0 Å². The smallest absolute Gasteiger partial charge is 0.327 e. The number of amides is 3. The van der Waals surface area contributed by atoms with Crippen molar-refractivity contribution >= 4 is 39.4 Å². The number of carbonyl (C=O) groups is 2. The maximum Gasteiger partial charge on any atom is 0.327 e. The minimum atomic E-state index is -0.131. The largest absolute Gasteiger partial charge is 0.377 e. The Morgan fingerprint density at radius 1 is 1.03 bits per heavy atom. The number of ether oxygens (including phenoxy) is 1. The van der Waals surface area contributed by atoms with E-state index in [0.29, 0.717) is 32.7 Å².